The molecule has 0 aliphatic carbocycles. The van der Waals surface area contributed by atoms with Gasteiger partial charge in [-0.3, -0.25) is 4.98 Å². The molecule has 3 aromatic heterocycles. The monoisotopic (exact) mass is 277 g/mol. The first-order valence-electron chi connectivity index (χ1n) is 6.78. The lowest BCUT2D eigenvalue weighted by atomic mass is 10.1. The van der Waals surface area contributed by atoms with E-state index in [1.54, 1.807) is 16.9 Å². The maximum absolute atomic E-state index is 9.44. The standard InChI is InChI=1S/C16H15N5/c1-11(2)19-13-5-6-15-14(8-17)16(20-21(15)10-13)12-4-3-7-18-9-12/h3-7,9-11,19H,1-2H3. The van der Waals surface area contributed by atoms with E-state index in [2.05, 4.69) is 35.3 Å². The van der Waals surface area contributed by atoms with E-state index in [1.165, 1.54) is 0 Å². The molecule has 0 bridgehead atoms. The second-order valence-corrected chi connectivity index (χ2v) is 5.12. The summed E-state index contributed by atoms with van der Waals surface area (Å²) < 4.78 is 1.74. The van der Waals surface area contributed by atoms with Gasteiger partial charge in [-0.25, -0.2) is 4.52 Å². The van der Waals surface area contributed by atoms with E-state index >= 15 is 0 Å². The molecule has 0 unspecified atom stereocenters. The molecule has 5 nitrogen and oxygen atoms in total. The van der Waals surface area contributed by atoms with Crippen LogP contribution in [-0.2, 0) is 0 Å². The van der Waals surface area contributed by atoms with E-state index in [1.807, 2.05) is 30.5 Å². The smallest absolute Gasteiger partial charge is 0.113 e. The number of nitriles is 1. The Kier molecular flexibility index (Phi) is 3.28. The molecule has 0 spiro atoms. The van der Waals surface area contributed by atoms with Crippen molar-refractivity contribution in [2.24, 2.45) is 0 Å². The van der Waals surface area contributed by atoms with Crippen LogP contribution >= 0.6 is 0 Å². The van der Waals surface area contributed by atoms with Crippen LogP contribution in [-0.4, -0.2) is 20.6 Å². The number of rotatable bonds is 3. The molecule has 0 fully saturated rings. The van der Waals surface area contributed by atoms with Gasteiger partial charge in [0.05, 0.1) is 17.4 Å². The third-order valence-corrected chi connectivity index (χ3v) is 3.13. The van der Waals surface area contributed by atoms with Gasteiger partial charge in [-0.1, -0.05) is 0 Å². The first kappa shape index (κ1) is 13.1. The summed E-state index contributed by atoms with van der Waals surface area (Å²) in [5, 5.41) is 17.3. The molecule has 0 amide bonds. The summed E-state index contributed by atoms with van der Waals surface area (Å²) in [6.45, 7) is 4.16. The van der Waals surface area contributed by atoms with Gasteiger partial charge in [0.15, 0.2) is 0 Å². The molecule has 3 heterocycles. The lowest BCUT2D eigenvalue weighted by Crippen LogP contribution is -2.10. The van der Waals surface area contributed by atoms with Gasteiger partial charge in [-0.15, -0.1) is 0 Å². The van der Waals surface area contributed by atoms with Gasteiger partial charge in [0, 0.05) is 24.0 Å². The Bertz CT molecular complexity index is 812. The number of aromatic nitrogens is 3. The molecule has 0 radical (unpaired) electrons. The quantitative estimate of drug-likeness (QED) is 0.799. The molecule has 0 aromatic carbocycles. The van der Waals surface area contributed by atoms with Crippen LogP contribution in [0.4, 0.5) is 5.69 Å². The summed E-state index contributed by atoms with van der Waals surface area (Å²) in [5.41, 5.74) is 3.84. The average Bonchev–Trinajstić information content (AvgIpc) is 2.85. The van der Waals surface area contributed by atoms with Crippen LogP contribution in [0.25, 0.3) is 16.8 Å². The van der Waals surface area contributed by atoms with Crippen LogP contribution in [0.15, 0.2) is 42.9 Å². The van der Waals surface area contributed by atoms with Crippen molar-refractivity contribution in [1.29, 1.82) is 5.26 Å². The second-order valence-electron chi connectivity index (χ2n) is 5.12. The van der Waals surface area contributed by atoms with Gasteiger partial charge in [-0.05, 0) is 38.1 Å². The molecule has 0 saturated heterocycles. The minimum atomic E-state index is 0.339. The number of nitrogens with zero attached hydrogens (tertiary/aromatic N) is 4. The van der Waals surface area contributed by atoms with Crippen molar-refractivity contribution in [1.82, 2.24) is 14.6 Å². The molecule has 3 rings (SSSR count). The van der Waals surface area contributed by atoms with Gasteiger partial charge < -0.3 is 5.32 Å². The number of hydrogen-bond acceptors (Lipinski definition) is 4. The van der Waals surface area contributed by atoms with E-state index in [4.69, 9.17) is 0 Å². The van der Waals surface area contributed by atoms with Crippen LogP contribution in [0.1, 0.15) is 19.4 Å². The minimum Gasteiger partial charge on any atom is -0.382 e. The molecule has 0 aliphatic rings. The number of hydrogen-bond donors (Lipinski definition) is 1. The first-order chi connectivity index (χ1) is 10.2. The van der Waals surface area contributed by atoms with Crippen molar-refractivity contribution in [3.8, 4) is 17.3 Å². The summed E-state index contributed by atoms with van der Waals surface area (Å²) in [4.78, 5) is 4.09. The number of pyridine rings is 2. The normalized spacial score (nSPS) is 10.8. The predicted molar refractivity (Wildman–Crippen MR) is 81.9 cm³/mol. The predicted octanol–water partition coefficient (Wildman–Crippen LogP) is 3.09. The van der Waals surface area contributed by atoms with E-state index in [9.17, 15) is 5.26 Å². The maximum Gasteiger partial charge on any atom is 0.113 e. The maximum atomic E-state index is 9.44. The minimum absolute atomic E-state index is 0.339. The highest BCUT2D eigenvalue weighted by Gasteiger charge is 2.14. The molecule has 1 N–H and O–H groups in total. The van der Waals surface area contributed by atoms with Gasteiger partial charge in [0.1, 0.15) is 17.3 Å². The molecular weight excluding hydrogens is 262 g/mol. The fourth-order valence-corrected chi connectivity index (χ4v) is 2.28. The largest absolute Gasteiger partial charge is 0.382 e. The Balaban J connectivity index is 2.16. The fraction of sp³-hybridized carbons (Fsp3) is 0.188. The Morgan fingerprint density at radius 2 is 2.14 bits per heavy atom. The summed E-state index contributed by atoms with van der Waals surface area (Å²) >= 11 is 0. The van der Waals surface area contributed by atoms with Gasteiger partial charge in [0.25, 0.3) is 0 Å². The van der Waals surface area contributed by atoms with Crippen molar-refractivity contribution < 1.29 is 0 Å². The lowest BCUT2D eigenvalue weighted by molar-refractivity contribution is 0.888. The molecule has 3 aromatic rings. The number of nitrogens with one attached hydrogen (secondary N) is 1. The van der Waals surface area contributed by atoms with Crippen molar-refractivity contribution in [2.75, 3.05) is 5.32 Å². The molecule has 0 aliphatic heterocycles. The number of anilines is 1. The summed E-state index contributed by atoms with van der Waals surface area (Å²) in [6, 6.07) is 10.2. The third-order valence-electron chi connectivity index (χ3n) is 3.13. The van der Waals surface area contributed by atoms with Crippen molar-refractivity contribution >= 4 is 11.2 Å². The highest BCUT2D eigenvalue weighted by molar-refractivity contribution is 5.77. The molecular formula is C16H15N5. The Labute approximate surface area is 122 Å². The van der Waals surface area contributed by atoms with E-state index in [0.717, 1.165) is 16.8 Å². The van der Waals surface area contributed by atoms with Gasteiger partial charge >= 0.3 is 0 Å². The highest BCUT2D eigenvalue weighted by atomic mass is 15.2. The Morgan fingerprint density at radius 1 is 1.29 bits per heavy atom. The SMILES string of the molecule is CC(C)Nc1ccc2c(C#N)c(-c3cccnc3)nn2c1. The van der Waals surface area contributed by atoms with E-state index in [0.29, 0.717) is 17.3 Å². The second kappa shape index (κ2) is 5.25. The molecule has 21 heavy (non-hydrogen) atoms. The van der Waals surface area contributed by atoms with E-state index in [-0.39, 0.29) is 0 Å². The third kappa shape index (κ3) is 2.43. The fourth-order valence-electron chi connectivity index (χ4n) is 2.28. The molecule has 104 valence electrons. The summed E-state index contributed by atoms with van der Waals surface area (Å²) in [5.74, 6) is 0. The zero-order valence-corrected chi connectivity index (χ0v) is 11.9. The Morgan fingerprint density at radius 3 is 2.81 bits per heavy atom. The van der Waals surface area contributed by atoms with Crippen LogP contribution in [0, 0.1) is 11.3 Å². The molecule has 5 heteroatoms. The lowest BCUT2D eigenvalue weighted by Gasteiger charge is -2.09. The first-order valence-corrected chi connectivity index (χ1v) is 6.78. The van der Waals surface area contributed by atoms with Crippen LogP contribution in [0.2, 0.25) is 0 Å². The van der Waals surface area contributed by atoms with Crippen molar-refractivity contribution in [2.45, 2.75) is 19.9 Å². The highest BCUT2D eigenvalue weighted by Crippen LogP contribution is 2.26. The van der Waals surface area contributed by atoms with E-state index < -0.39 is 0 Å². The van der Waals surface area contributed by atoms with Crippen LogP contribution < -0.4 is 5.32 Å². The zero-order chi connectivity index (χ0) is 14.8. The topological polar surface area (TPSA) is 66.0 Å². The van der Waals surface area contributed by atoms with Crippen molar-refractivity contribution in [3.63, 3.8) is 0 Å². The Hall–Kier alpha value is -2.87. The molecule has 0 saturated carbocycles. The number of fused-ring (bicyclic) bond motifs is 1. The zero-order valence-electron chi connectivity index (χ0n) is 11.9. The van der Waals surface area contributed by atoms with Crippen LogP contribution in [0.5, 0.6) is 0 Å². The van der Waals surface area contributed by atoms with Gasteiger partial charge in [-0.2, -0.15) is 10.4 Å². The molecule has 0 atom stereocenters. The van der Waals surface area contributed by atoms with Crippen LogP contribution in [0.3, 0.4) is 0 Å². The summed E-state index contributed by atoms with van der Waals surface area (Å²) in [7, 11) is 0. The average molecular weight is 277 g/mol. The van der Waals surface area contributed by atoms with Gasteiger partial charge in [0.2, 0.25) is 0 Å². The van der Waals surface area contributed by atoms with Crippen molar-refractivity contribution in [3.05, 3.63) is 48.4 Å². The summed E-state index contributed by atoms with van der Waals surface area (Å²) in [6.07, 6.45) is 5.32.